The second kappa shape index (κ2) is 4.29. The average Bonchev–Trinajstić information content (AvgIpc) is 2.15. The molecular formula is C10H13F3N2O. The van der Waals surface area contributed by atoms with Crippen LogP contribution in [0.2, 0.25) is 0 Å². The molecule has 6 heteroatoms. The maximum atomic E-state index is 12.6. The van der Waals surface area contributed by atoms with Crippen molar-refractivity contribution in [2.24, 2.45) is 5.73 Å². The molecule has 2 N–H and O–H groups in total. The Morgan fingerprint density at radius 2 is 1.94 bits per heavy atom. The molecule has 0 unspecified atom stereocenters. The third kappa shape index (κ3) is 2.27. The van der Waals surface area contributed by atoms with E-state index in [1.165, 1.54) is 13.8 Å². The summed E-state index contributed by atoms with van der Waals surface area (Å²) in [4.78, 5) is 11.7. The van der Waals surface area contributed by atoms with Crippen molar-refractivity contribution in [3.05, 3.63) is 33.7 Å². The van der Waals surface area contributed by atoms with Gasteiger partial charge in [0.25, 0.3) is 5.56 Å². The molecule has 0 aliphatic rings. The quantitative estimate of drug-likeness (QED) is 0.849. The first-order chi connectivity index (χ1) is 7.29. The molecule has 0 spiro atoms. The number of nitrogens with zero attached hydrogens (tertiary/aromatic N) is 1. The van der Waals surface area contributed by atoms with Gasteiger partial charge in [-0.05, 0) is 19.9 Å². The van der Waals surface area contributed by atoms with E-state index < -0.39 is 23.5 Å². The Hall–Kier alpha value is -1.30. The largest absolute Gasteiger partial charge is 0.431 e. The molecule has 90 valence electrons. The molecule has 1 aromatic rings. The van der Waals surface area contributed by atoms with Gasteiger partial charge in [0.2, 0.25) is 0 Å². The molecule has 0 aliphatic heterocycles. The molecule has 0 saturated carbocycles. The maximum absolute atomic E-state index is 12.6. The maximum Gasteiger partial charge on any atom is 0.431 e. The predicted octanol–water partition coefficient (Wildman–Crippen LogP) is 1.91. The van der Waals surface area contributed by atoms with Crippen molar-refractivity contribution in [3.63, 3.8) is 0 Å². The lowest BCUT2D eigenvalue weighted by Crippen LogP contribution is -2.32. The molecule has 1 rings (SSSR count). The molecular weight excluding hydrogens is 221 g/mol. The lowest BCUT2D eigenvalue weighted by Gasteiger charge is -2.19. The zero-order chi connectivity index (χ0) is 12.5. The lowest BCUT2D eigenvalue weighted by molar-refractivity contribution is -0.144. The van der Waals surface area contributed by atoms with E-state index in [4.69, 9.17) is 5.73 Å². The van der Waals surface area contributed by atoms with Crippen LogP contribution < -0.4 is 11.3 Å². The zero-order valence-corrected chi connectivity index (χ0v) is 9.01. The number of hydrogen-bond acceptors (Lipinski definition) is 2. The third-order valence-electron chi connectivity index (χ3n) is 2.22. The Morgan fingerprint density at radius 1 is 1.38 bits per heavy atom. The van der Waals surface area contributed by atoms with Crippen molar-refractivity contribution in [2.75, 3.05) is 0 Å². The highest BCUT2D eigenvalue weighted by atomic mass is 19.4. The molecule has 0 bridgehead atoms. The minimum Gasteiger partial charge on any atom is -0.326 e. The second-order valence-electron chi connectivity index (χ2n) is 3.71. The van der Waals surface area contributed by atoms with E-state index in [0.29, 0.717) is 0 Å². The average molecular weight is 234 g/mol. The van der Waals surface area contributed by atoms with Crippen LogP contribution in [0.4, 0.5) is 13.2 Å². The lowest BCUT2D eigenvalue weighted by atomic mass is 10.2. The Balaban J connectivity index is 3.54. The second-order valence-corrected chi connectivity index (χ2v) is 3.71. The highest BCUT2D eigenvalue weighted by molar-refractivity contribution is 5.18. The van der Waals surface area contributed by atoms with Crippen LogP contribution in [0.25, 0.3) is 0 Å². The smallest absolute Gasteiger partial charge is 0.326 e. The Kier molecular flexibility index (Phi) is 3.42. The monoisotopic (exact) mass is 234 g/mol. The van der Waals surface area contributed by atoms with E-state index in [1.807, 2.05) is 0 Å². The van der Waals surface area contributed by atoms with Crippen molar-refractivity contribution in [3.8, 4) is 0 Å². The van der Waals surface area contributed by atoms with Gasteiger partial charge in [-0.25, -0.2) is 0 Å². The molecule has 0 amide bonds. The summed E-state index contributed by atoms with van der Waals surface area (Å²) in [6.45, 7) is 2.98. The van der Waals surface area contributed by atoms with Gasteiger partial charge in [-0.2, -0.15) is 13.2 Å². The van der Waals surface area contributed by atoms with E-state index in [1.54, 1.807) is 0 Å². The predicted molar refractivity (Wildman–Crippen MR) is 54.0 cm³/mol. The molecule has 0 radical (unpaired) electrons. The number of nitrogens with two attached hydrogens (primary N) is 1. The first-order valence-corrected chi connectivity index (χ1v) is 4.80. The Bertz CT molecular complexity index is 435. The normalized spacial score (nSPS) is 12.2. The summed E-state index contributed by atoms with van der Waals surface area (Å²) < 4.78 is 38.6. The number of alkyl halides is 3. The molecule has 0 atom stereocenters. The van der Waals surface area contributed by atoms with Gasteiger partial charge in [0.05, 0.1) is 0 Å². The van der Waals surface area contributed by atoms with Crippen LogP contribution in [-0.2, 0) is 12.7 Å². The number of pyridine rings is 1. The fraction of sp³-hybridized carbons (Fsp3) is 0.500. The van der Waals surface area contributed by atoms with E-state index in [0.717, 1.165) is 16.7 Å². The van der Waals surface area contributed by atoms with Gasteiger partial charge in [0, 0.05) is 18.2 Å². The minimum atomic E-state index is -4.53. The first-order valence-electron chi connectivity index (χ1n) is 4.80. The van der Waals surface area contributed by atoms with Crippen LogP contribution >= 0.6 is 0 Å². The summed E-state index contributed by atoms with van der Waals surface area (Å²) in [5.74, 6) is 0. The fourth-order valence-corrected chi connectivity index (χ4v) is 1.49. The molecule has 0 saturated heterocycles. The number of hydrogen-bond donors (Lipinski definition) is 1. The first kappa shape index (κ1) is 12.8. The van der Waals surface area contributed by atoms with Crippen LogP contribution in [0, 0.1) is 0 Å². The minimum absolute atomic E-state index is 0.0658. The molecule has 1 aromatic heterocycles. The van der Waals surface area contributed by atoms with Crippen LogP contribution in [0.1, 0.15) is 31.1 Å². The standard InChI is InChI=1S/C10H13F3N2O/c1-6(2)15-8(10(11,12)13)4-3-7(5-14)9(15)16/h3-4,6H,5,14H2,1-2H3. The number of aromatic nitrogens is 1. The summed E-state index contributed by atoms with van der Waals surface area (Å²) in [5, 5.41) is 0. The van der Waals surface area contributed by atoms with Crippen LogP contribution in [0.5, 0.6) is 0 Å². The van der Waals surface area contributed by atoms with Gasteiger partial charge in [-0.3, -0.25) is 4.79 Å². The number of rotatable bonds is 2. The SMILES string of the molecule is CC(C)n1c(C(F)(F)F)ccc(CN)c1=O. The van der Waals surface area contributed by atoms with Gasteiger partial charge in [-0.1, -0.05) is 6.07 Å². The summed E-state index contributed by atoms with van der Waals surface area (Å²) >= 11 is 0. The van der Waals surface area contributed by atoms with E-state index in [-0.39, 0.29) is 12.1 Å². The molecule has 3 nitrogen and oxygen atoms in total. The summed E-state index contributed by atoms with van der Waals surface area (Å²) in [6.07, 6.45) is -4.53. The van der Waals surface area contributed by atoms with Crippen molar-refractivity contribution < 1.29 is 13.2 Å². The molecule has 0 fully saturated rings. The summed E-state index contributed by atoms with van der Waals surface area (Å²) in [6, 6.07) is 1.46. The van der Waals surface area contributed by atoms with Gasteiger partial charge in [0.15, 0.2) is 0 Å². The third-order valence-corrected chi connectivity index (χ3v) is 2.22. The van der Waals surface area contributed by atoms with Crippen molar-refractivity contribution in [1.82, 2.24) is 4.57 Å². The van der Waals surface area contributed by atoms with Crippen molar-refractivity contribution in [1.29, 1.82) is 0 Å². The summed E-state index contributed by atoms with van der Waals surface area (Å²) in [7, 11) is 0. The van der Waals surface area contributed by atoms with Gasteiger partial charge in [-0.15, -0.1) is 0 Å². The molecule has 1 heterocycles. The highest BCUT2D eigenvalue weighted by Crippen LogP contribution is 2.29. The van der Waals surface area contributed by atoms with Crippen molar-refractivity contribution in [2.45, 2.75) is 32.6 Å². The zero-order valence-electron chi connectivity index (χ0n) is 9.01. The van der Waals surface area contributed by atoms with Crippen LogP contribution in [-0.4, -0.2) is 4.57 Å². The Morgan fingerprint density at radius 3 is 2.31 bits per heavy atom. The Labute approximate surface area is 90.7 Å². The van der Waals surface area contributed by atoms with E-state index in [9.17, 15) is 18.0 Å². The van der Waals surface area contributed by atoms with Crippen LogP contribution in [0.3, 0.4) is 0 Å². The van der Waals surface area contributed by atoms with E-state index in [2.05, 4.69) is 0 Å². The number of halogens is 3. The molecule has 0 aliphatic carbocycles. The van der Waals surface area contributed by atoms with Crippen molar-refractivity contribution >= 4 is 0 Å². The van der Waals surface area contributed by atoms with Gasteiger partial charge >= 0.3 is 6.18 Å². The molecule has 0 aromatic carbocycles. The van der Waals surface area contributed by atoms with Gasteiger partial charge in [0.1, 0.15) is 5.69 Å². The van der Waals surface area contributed by atoms with E-state index >= 15 is 0 Å². The van der Waals surface area contributed by atoms with Gasteiger partial charge < -0.3 is 10.3 Å². The highest BCUT2D eigenvalue weighted by Gasteiger charge is 2.35. The molecule has 16 heavy (non-hydrogen) atoms. The summed E-state index contributed by atoms with van der Waals surface area (Å²) in [5.41, 5.74) is 3.85. The van der Waals surface area contributed by atoms with Crippen LogP contribution in [0.15, 0.2) is 16.9 Å². The fourth-order valence-electron chi connectivity index (χ4n) is 1.49. The topological polar surface area (TPSA) is 48.0 Å².